The van der Waals surface area contributed by atoms with E-state index in [0.717, 1.165) is 19.3 Å². The molecule has 0 heterocycles. The zero-order valence-corrected chi connectivity index (χ0v) is 10.7. The highest BCUT2D eigenvalue weighted by molar-refractivity contribution is 5.73. The summed E-state index contributed by atoms with van der Waals surface area (Å²) in [7, 11) is 0. The lowest BCUT2D eigenvalue weighted by atomic mass is 9.66. The normalized spacial score (nSPS) is 31.6. The maximum atomic E-state index is 11.0. The average molecular weight is 242 g/mol. The van der Waals surface area contributed by atoms with Crippen molar-refractivity contribution < 1.29 is 9.59 Å². The number of rotatable bonds is 2. The Balaban J connectivity index is 2.73. The zero-order chi connectivity index (χ0) is 13.3. The van der Waals surface area contributed by atoms with Crippen LogP contribution in [0, 0.1) is 5.41 Å². The first kappa shape index (κ1) is 13.6. The predicted octanol–water partition coefficient (Wildman–Crippen LogP) is 0.660. The van der Waals surface area contributed by atoms with Crippen LogP contribution in [0.5, 0.6) is 0 Å². The van der Waals surface area contributed by atoms with Crippen LogP contribution in [0.1, 0.15) is 40.0 Å². The summed E-state index contributed by atoms with van der Waals surface area (Å²) < 4.78 is 0. The molecule has 0 aromatic rings. The molecule has 6 heteroatoms. The van der Waals surface area contributed by atoms with Gasteiger partial charge in [0.25, 0.3) is 0 Å². The van der Waals surface area contributed by atoms with E-state index in [-0.39, 0.29) is 17.0 Å². The highest BCUT2D eigenvalue weighted by Crippen LogP contribution is 2.40. The third-order valence-electron chi connectivity index (χ3n) is 3.52. The van der Waals surface area contributed by atoms with Crippen LogP contribution in [0.25, 0.3) is 0 Å². The maximum absolute atomic E-state index is 11.0. The van der Waals surface area contributed by atoms with Gasteiger partial charge < -0.3 is 22.1 Å². The molecule has 4 amide bonds. The van der Waals surface area contributed by atoms with Gasteiger partial charge >= 0.3 is 12.1 Å². The molecule has 0 bridgehead atoms. The highest BCUT2D eigenvalue weighted by Gasteiger charge is 2.43. The molecule has 1 fully saturated rings. The van der Waals surface area contributed by atoms with E-state index in [9.17, 15) is 9.59 Å². The molecule has 0 aromatic heterocycles. The SMILES string of the molecule is CC1(C)C[C@](C)(NC(N)=O)CC[C@H]1NC(N)=O. The van der Waals surface area contributed by atoms with Crippen LogP contribution in [0.4, 0.5) is 9.59 Å². The number of primary amides is 2. The maximum Gasteiger partial charge on any atom is 0.312 e. The summed E-state index contributed by atoms with van der Waals surface area (Å²) in [5, 5.41) is 5.54. The van der Waals surface area contributed by atoms with Gasteiger partial charge in [0.15, 0.2) is 0 Å². The van der Waals surface area contributed by atoms with Crippen molar-refractivity contribution in [3.05, 3.63) is 0 Å². The summed E-state index contributed by atoms with van der Waals surface area (Å²) in [6.07, 6.45) is 2.28. The van der Waals surface area contributed by atoms with Gasteiger partial charge in [0, 0.05) is 11.6 Å². The molecule has 6 nitrogen and oxygen atoms in total. The number of hydrogen-bond donors (Lipinski definition) is 4. The minimum Gasteiger partial charge on any atom is -0.352 e. The summed E-state index contributed by atoms with van der Waals surface area (Å²) in [5.41, 5.74) is 9.88. The standard InChI is InChI=1S/C11H22N4O2/c1-10(2)6-11(3,15-9(13)17)5-4-7(10)14-8(12)16/h7H,4-6H2,1-3H3,(H3,12,14,16)(H3,13,15,17)/t7-,11-/m1/s1. The molecule has 0 aromatic carbocycles. The first-order valence-corrected chi connectivity index (χ1v) is 5.78. The third-order valence-corrected chi connectivity index (χ3v) is 3.52. The Kier molecular flexibility index (Phi) is 3.54. The van der Waals surface area contributed by atoms with Gasteiger partial charge in [-0.3, -0.25) is 0 Å². The molecule has 0 aliphatic heterocycles. The van der Waals surface area contributed by atoms with E-state index in [0.29, 0.717) is 0 Å². The van der Waals surface area contributed by atoms with Gasteiger partial charge in [0.1, 0.15) is 0 Å². The summed E-state index contributed by atoms with van der Waals surface area (Å²) >= 11 is 0. The van der Waals surface area contributed by atoms with Crippen molar-refractivity contribution in [1.82, 2.24) is 10.6 Å². The number of hydrogen-bond acceptors (Lipinski definition) is 2. The molecular weight excluding hydrogens is 220 g/mol. The third kappa shape index (κ3) is 3.51. The van der Waals surface area contributed by atoms with E-state index >= 15 is 0 Å². The molecule has 2 atom stereocenters. The zero-order valence-electron chi connectivity index (χ0n) is 10.7. The van der Waals surface area contributed by atoms with Gasteiger partial charge in [-0.25, -0.2) is 9.59 Å². The molecule has 98 valence electrons. The first-order valence-electron chi connectivity index (χ1n) is 5.78. The Morgan fingerprint density at radius 1 is 1.18 bits per heavy atom. The fourth-order valence-electron chi connectivity index (χ4n) is 2.91. The van der Waals surface area contributed by atoms with E-state index in [1.807, 2.05) is 20.8 Å². The Morgan fingerprint density at radius 3 is 2.18 bits per heavy atom. The monoisotopic (exact) mass is 242 g/mol. The molecule has 0 unspecified atom stereocenters. The molecule has 17 heavy (non-hydrogen) atoms. The van der Waals surface area contributed by atoms with Crippen molar-refractivity contribution in [1.29, 1.82) is 0 Å². The molecule has 6 N–H and O–H groups in total. The second-order valence-corrected chi connectivity index (χ2v) is 5.82. The summed E-state index contributed by atoms with van der Waals surface area (Å²) in [5.74, 6) is 0. The lowest BCUT2D eigenvalue weighted by Crippen LogP contribution is -2.59. The molecule has 0 radical (unpaired) electrons. The van der Waals surface area contributed by atoms with Crippen molar-refractivity contribution in [3.63, 3.8) is 0 Å². The van der Waals surface area contributed by atoms with Crippen LogP contribution in [0.15, 0.2) is 0 Å². The Hall–Kier alpha value is -1.46. The molecule has 0 saturated heterocycles. The molecule has 0 spiro atoms. The van der Waals surface area contributed by atoms with Crippen molar-refractivity contribution in [3.8, 4) is 0 Å². The largest absolute Gasteiger partial charge is 0.352 e. The Morgan fingerprint density at radius 2 is 1.76 bits per heavy atom. The van der Waals surface area contributed by atoms with E-state index < -0.39 is 12.1 Å². The van der Waals surface area contributed by atoms with Crippen molar-refractivity contribution in [2.75, 3.05) is 0 Å². The number of carbonyl (C=O) groups excluding carboxylic acids is 2. The van der Waals surface area contributed by atoms with E-state index in [1.165, 1.54) is 0 Å². The lowest BCUT2D eigenvalue weighted by molar-refractivity contribution is 0.0989. The first-order chi connectivity index (χ1) is 7.65. The summed E-state index contributed by atoms with van der Waals surface area (Å²) in [6.45, 7) is 6.07. The van der Waals surface area contributed by atoms with Crippen LogP contribution in [0.2, 0.25) is 0 Å². The van der Waals surface area contributed by atoms with Crippen LogP contribution in [-0.2, 0) is 0 Å². The summed E-state index contributed by atoms with van der Waals surface area (Å²) in [6, 6.07) is -0.984. The van der Waals surface area contributed by atoms with Gasteiger partial charge in [-0.2, -0.15) is 0 Å². The smallest absolute Gasteiger partial charge is 0.312 e. The van der Waals surface area contributed by atoms with Crippen molar-refractivity contribution in [2.24, 2.45) is 16.9 Å². The molecule has 1 aliphatic carbocycles. The second-order valence-electron chi connectivity index (χ2n) is 5.82. The minimum atomic E-state index is -0.510. The number of amides is 4. The van der Waals surface area contributed by atoms with Gasteiger partial charge in [0.05, 0.1) is 0 Å². The topological polar surface area (TPSA) is 110 Å². The van der Waals surface area contributed by atoms with Crippen LogP contribution in [0.3, 0.4) is 0 Å². The molecular formula is C11H22N4O2. The fourth-order valence-corrected chi connectivity index (χ4v) is 2.91. The number of nitrogens with one attached hydrogen (secondary N) is 2. The van der Waals surface area contributed by atoms with Crippen LogP contribution in [-0.4, -0.2) is 23.6 Å². The summed E-state index contributed by atoms with van der Waals surface area (Å²) in [4.78, 5) is 21.9. The van der Waals surface area contributed by atoms with Crippen molar-refractivity contribution >= 4 is 12.1 Å². The number of nitrogens with two attached hydrogens (primary N) is 2. The van der Waals surface area contributed by atoms with Gasteiger partial charge in [0.2, 0.25) is 0 Å². The van der Waals surface area contributed by atoms with Crippen molar-refractivity contribution in [2.45, 2.75) is 51.6 Å². The molecule has 1 aliphatic rings. The fraction of sp³-hybridized carbons (Fsp3) is 0.818. The Bertz CT molecular complexity index is 329. The van der Waals surface area contributed by atoms with Gasteiger partial charge in [-0.1, -0.05) is 13.8 Å². The Labute approximate surface area is 101 Å². The lowest BCUT2D eigenvalue weighted by Gasteiger charge is -2.47. The number of carbonyl (C=O) groups is 2. The second kappa shape index (κ2) is 4.43. The average Bonchev–Trinajstić information content (AvgIpc) is 2.06. The molecule has 1 rings (SSSR count). The van der Waals surface area contributed by atoms with E-state index in [4.69, 9.17) is 11.5 Å². The number of urea groups is 2. The van der Waals surface area contributed by atoms with E-state index in [1.54, 1.807) is 0 Å². The minimum absolute atomic E-state index is 0.0303. The van der Waals surface area contributed by atoms with Crippen LogP contribution < -0.4 is 22.1 Å². The predicted molar refractivity (Wildman–Crippen MR) is 65.3 cm³/mol. The van der Waals surface area contributed by atoms with Crippen LogP contribution >= 0.6 is 0 Å². The molecule has 1 saturated carbocycles. The van der Waals surface area contributed by atoms with Gasteiger partial charge in [-0.15, -0.1) is 0 Å². The van der Waals surface area contributed by atoms with E-state index in [2.05, 4.69) is 10.6 Å². The van der Waals surface area contributed by atoms with Gasteiger partial charge in [-0.05, 0) is 31.6 Å². The highest BCUT2D eigenvalue weighted by atomic mass is 16.2. The quantitative estimate of drug-likeness (QED) is 0.570.